The smallest absolute Gasteiger partial charge is 0.399 e. The zero-order valence-electron chi connectivity index (χ0n) is 17.0. The molecule has 2 fully saturated rings. The van der Waals surface area contributed by atoms with Gasteiger partial charge in [0.25, 0.3) is 0 Å². The number of nitrogens with zero attached hydrogens (tertiary/aromatic N) is 3. The molecule has 27 heavy (non-hydrogen) atoms. The number of hydrogen-bond acceptors (Lipinski definition) is 6. The summed E-state index contributed by atoms with van der Waals surface area (Å²) in [5, 5.41) is 4.48. The summed E-state index contributed by atoms with van der Waals surface area (Å²) in [5.74, 6) is 0.700. The van der Waals surface area contributed by atoms with Gasteiger partial charge in [0.1, 0.15) is 0 Å². The number of aromatic nitrogens is 2. The molecule has 2 aliphatic heterocycles. The maximum Gasteiger partial charge on any atom is 0.494 e. The van der Waals surface area contributed by atoms with Crippen molar-refractivity contribution in [2.24, 2.45) is 0 Å². The van der Waals surface area contributed by atoms with Crippen molar-refractivity contribution in [3.05, 3.63) is 24.4 Å². The molecule has 0 amide bonds. The molecule has 0 bridgehead atoms. The third-order valence-corrected chi connectivity index (χ3v) is 6.09. The van der Waals surface area contributed by atoms with Crippen molar-refractivity contribution >= 4 is 29.4 Å². The first-order valence-corrected chi connectivity index (χ1v) is 9.81. The molecule has 7 heteroatoms. The van der Waals surface area contributed by atoms with Crippen LogP contribution in [0.25, 0.3) is 10.9 Å². The van der Waals surface area contributed by atoms with E-state index in [2.05, 4.69) is 56.0 Å². The lowest BCUT2D eigenvalue weighted by atomic mass is 9.78. The van der Waals surface area contributed by atoms with Crippen molar-refractivity contribution in [1.29, 1.82) is 0 Å². The number of rotatable bonds is 3. The Morgan fingerprint density at radius 1 is 1.19 bits per heavy atom. The monoisotopic (exact) mass is 368 g/mol. The summed E-state index contributed by atoms with van der Waals surface area (Å²) in [7, 11) is 1.79. The number of nitrogens with one attached hydrogen (secondary N) is 1. The normalized spacial score (nSPS) is 25.1. The third kappa shape index (κ3) is 3.68. The Kier molecular flexibility index (Phi) is 4.65. The van der Waals surface area contributed by atoms with Crippen LogP contribution in [0.2, 0.25) is 0 Å². The summed E-state index contributed by atoms with van der Waals surface area (Å²) in [6, 6.07) is 6.53. The second kappa shape index (κ2) is 6.72. The van der Waals surface area contributed by atoms with Crippen molar-refractivity contribution in [3.63, 3.8) is 0 Å². The minimum Gasteiger partial charge on any atom is -0.399 e. The molecule has 1 aromatic heterocycles. The molecule has 0 saturated carbocycles. The standard InChI is InChI=1S/C20H29BN4O2/c1-19(2)20(3,4)27-21(26-19)15-8-9-17-14(11-15)12-22-18(24-17)23-16-7-6-10-25(5)13-16/h8-9,11-12,16H,6-7,10,13H2,1-5H3,(H,22,23,24). The number of piperidine rings is 1. The van der Waals surface area contributed by atoms with Gasteiger partial charge >= 0.3 is 7.12 Å². The van der Waals surface area contributed by atoms with Crippen LogP contribution in [0.1, 0.15) is 40.5 Å². The average molecular weight is 368 g/mol. The van der Waals surface area contributed by atoms with Crippen LogP contribution in [0, 0.1) is 0 Å². The van der Waals surface area contributed by atoms with Crippen LogP contribution in [0.5, 0.6) is 0 Å². The van der Waals surface area contributed by atoms with E-state index < -0.39 is 0 Å². The van der Waals surface area contributed by atoms with Gasteiger partial charge in [-0.1, -0.05) is 12.1 Å². The highest BCUT2D eigenvalue weighted by Gasteiger charge is 2.51. The van der Waals surface area contributed by atoms with Crippen LogP contribution in [-0.4, -0.2) is 59.4 Å². The highest BCUT2D eigenvalue weighted by atomic mass is 16.7. The number of benzene rings is 1. The number of likely N-dealkylation sites (N-methyl/N-ethyl adjacent to an activating group) is 1. The van der Waals surface area contributed by atoms with E-state index in [1.807, 2.05) is 18.3 Å². The van der Waals surface area contributed by atoms with Gasteiger partial charge < -0.3 is 19.5 Å². The molecule has 4 rings (SSSR count). The van der Waals surface area contributed by atoms with Crippen LogP contribution in [0.15, 0.2) is 24.4 Å². The predicted molar refractivity (Wildman–Crippen MR) is 109 cm³/mol. The molecule has 3 heterocycles. The molecule has 144 valence electrons. The third-order valence-electron chi connectivity index (χ3n) is 6.09. The minimum atomic E-state index is -0.366. The lowest BCUT2D eigenvalue weighted by Crippen LogP contribution is -2.41. The summed E-state index contributed by atoms with van der Waals surface area (Å²) in [6.45, 7) is 10.5. The van der Waals surface area contributed by atoms with Gasteiger partial charge in [-0.05, 0) is 65.7 Å². The van der Waals surface area contributed by atoms with Crippen molar-refractivity contribution in [1.82, 2.24) is 14.9 Å². The Hall–Kier alpha value is -1.70. The largest absolute Gasteiger partial charge is 0.494 e. The summed E-state index contributed by atoms with van der Waals surface area (Å²) < 4.78 is 12.3. The fourth-order valence-corrected chi connectivity index (χ4v) is 3.71. The van der Waals surface area contributed by atoms with Gasteiger partial charge in [0.05, 0.1) is 16.7 Å². The van der Waals surface area contributed by atoms with Crippen molar-refractivity contribution in [2.75, 3.05) is 25.5 Å². The highest BCUT2D eigenvalue weighted by Crippen LogP contribution is 2.36. The first kappa shape index (κ1) is 18.7. The molecule has 0 aliphatic carbocycles. The molecule has 1 atom stereocenters. The van der Waals surface area contributed by atoms with E-state index in [1.165, 1.54) is 13.0 Å². The van der Waals surface area contributed by atoms with Crippen molar-refractivity contribution in [2.45, 2.75) is 57.8 Å². The first-order valence-electron chi connectivity index (χ1n) is 9.81. The Morgan fingerprint density at radius 2 is 1.93 bits per heavy atom. The number of anilines is 1. The molecular formula is C20H29BN4O2. The average Bonchev–Trinajstić information content (AvgIpc) is 2.82. The molecule has 0 radical (unpaired) electrons. The van der Waals surface area contributed by atoms with Crippen molar-refractivity contribution < 1.29 is 9.31 Å². The molecule has 0 spiro atoms. The Bertz CT molecular complexity index is 826. The lowest BCUT2D eigenvalue weighted by molar-refractivity contribution is 0.00578. The minimum absolute atomic E-state index is 0.343. The SMILES string of the molecule is CN1CCCC(Nc2ncc3cc(B4OC(C)(C)C(C)(C)O4)ccc3n2)C1. The molecule has 2 aliphatic rings. The predicted octanol–water partition coefficient (Wildman–Crippen LogP) is 2.44. The van der Waals surface area contributed by atoms with Crippen LogP contribution in [0.3, 0.4) is 0 Å². The maximum absolute atomic E-state index is 6.15. The van der Waals surface area contributed by atoms with Gasteiger partial charge in [0.2, 0.25) is 5.95 Å². The topological polar surface area (TPSA) is 59.5 Å². The number of fused-ring (bicyclic) bond motifs is 1. The van der Waals surface area contributed by atoms with Crippen LogP contribution in [0.4, 0.5) is 5.95 Å². The summed E-state index contributed by atoms with van der Waals surface area (Å²) in [5.41, 5.74) is 1.24. The quantitative estimate of drug-likeness (QED) is 0.840. The van der Waals surface area contributed by atoms with Gasteiger partial charge in [-0.2, -0.15) is 0 Å². The molecule has 2 saturated heterocycles. The molecule has 1 N–H and O–H groups in total. The van der Waals surface area contributed by atoms with Gasteiger partial charge in [-0.25, -0.2) is 9.97 Å². The fraction of sp³-hybridized carbons (Fsp3) is 0.600. The zero-order chi connectivity index (χ0) is 19.2. The van der Waals surface area contributed by atoms with Gasteiger partial charge in [-0.15, -0.1) is 0 Å². The Morgan fingerprint density at radius 3 is 2.63 bits per heavy atom. The number of likely N-dealkylation sites (tertiary alicyclic amines) is 1. The van der Waals surface area contributed by atoms with Crippen LogP contribution >= 0.6 is 0 Å². The second-order valence-corrected chi connectivity index (χ2v) is 8.85. The summed E-state index contributed by atoms with van der Waals surface area (Å²) in [4.78, 5) is 11.6. The van der Waals surface area contributed by atoms with E-state index in [4.69, 9.17) is 14.3 Å². The second-order valence-electron chi connectivity index (χ2n) is 8.85. The summed E-state index contributed by atoms with van der Waals surface area (Å²) in [6.07, 6.45) is 4.25. The zero-order valence-corrected chi connectivity index (χ0v) is 17.0. The fourth-order valence-electron chi connectivity index (χ4n) is 3.71. The lowest BCUT2D eigenvalue weighted by Gasteiger charge is -2.32. The van der Waals surface area contributed by atoms with Gasteiger partial charge in [0, 0.05) is 24.2 Å². The first-order chi connectivity index (χ1) is 12.7. The van der Waals surface area contributed by atoms with Crippen LogP contribution in [-0.2, 0) is 9.31 Å². The van der Waals surface area contributed by atoms with E-state index in [9.17, 15) is 0 Å². The molecule has 2 aromatic rings. The van der Waals surface area contributed by atoms with Gasteiger partial charge in [-0.3, -0.25) is 0 Å². The van der Waals surface area contributed by atoms with E-state index in [0.29, 0.717) is 12.0 Å². The molecular weight excluding hydrogens is 339 g/mol. The molecule has 6 nitrogen and oxygen atoms in total. The maximum atomic E-state index is 6.15. The van der Waals surface area contributed by atoms with Gasteiger partial charge in [0.15, 0.2) is 0 Å². The number of hydrogen-bond donors (Lipinski definition) is 1. The summed E-state index contributed by atoms with van der Waals surface area (Å²) >= 11 is 0. The molecule has 1 unspecified atom stereocenters. The Balaban J connectivity index is 1.53. The Labute approximate surface area is 161 Å². The van der Waals surface area contributed by atoms with Crippen molar-refractivity contribution in [3.8, 4) is 0 Å². The van der Waals surface area contributed by atoms with E-state index >= 15 is 0 Å². The van der Waals surface area contributed by atoms with Crippen LogP contribution < -0.4 is 10.8 Å². The van der Waals surface area contributed by atoms with E-state index in [-0.39, 0.29) is 18.3 Å². The van der Waals surface area contributed by atoms with E-state index in [0.717, 1.165) is 29.3 Å². The van der Waals surface area contributed by atoms with E-state index in [1.54, 1.807) is 0 Å². The molecule has 1 aromatic carbocycles. The highest BCUT2D eigenvalue weighted by molar-refractivity contribution is 6.62.